The number of ether oxygens (including phenoxy) is 2. The van der Waals surface area contributed by atoms with Gasteiger partial charge in [-0.15, -0.1) is 0 Å². The lowest BCUT2D eigenvalue weighted by atomic mass is 9.50. The Bertz CT molecular complexity index is 1220. The Balaban J connectivity index is 1.13. The molecule has 11 heteroatoms. The summed E-state index contributed by atoms with van der Waals surface area (Å²) in [4.78, 5) is 16.7. The maximum absolute atomic E-state index is 15.2. The number of carbonyl (C=O) groups is 1. The molecule has 34 heavy (non-hydrogen) atoms. The summed E-state index contributed by atoms with van der Waals surface area (Å²) in [5, 5.41) is 17.9. The summed E-state index contributed by atoms with van der Waals surface area (Å²) in [6, 6.07) is 1.79. The van der Waals surface area contributed by atoms with Crippen molar-refractivity contribution in [3.63, 3.8) is 0 Å². The van der Waals surface area contributed by atoms with Crippen molar-refractivity contribution in [2.24, 2.45) is 5.92 Å². The Morgan fingerprint density at radius 1 is 1.35 bits per heavy atom. The van der Waals surface area contributed by atoms with Gasteiger partial charge in [-0.25, -0.2) is 18.7 Å². The van der Waals surface area contributed by atoms with Gasteiger partial charge in [0.05, 0.1) is 12.3 Å². The first-order valence-electron chi connectivity index (χ1n) is 11.7. The van der Waals surface area contributed by atoms with Gasteiger partial charge in [0.1, 0.15) is 17.8 Å². The van der Waals surface area contributed by atoms with Crippen LogP contribution in [0.15, 0.2) is 18.5 Å². The first-order chi connectivity index (χ1) is 16.4. The lowest BCUT2D eigenvalue weighted by Crippen LogP contribution is -2.68. The first kappa shape index (κ1) is 21.3. The molecular formula is C23H28FN7O3. The van der Waals surface area contributed by atoms with E-state index >= 15 is 4.39 Å². The number of hydrogen-bond acceptors (Lipinski definition) is 7. The van der Waals surface area contributed by atoms with Crippen LogP contribution in [0.4, 0.5) is 20.8 Å². The number of rotatable bonds is 7. The number of carbonyl (C=O) groups excluding carboxylic acids is 1. The van der Waals surface area contributed by atoms with Crippen LogP contribution in [0.2, 0.25) is 0 Å². The topological polar surface area (TPSA) is 118 Å². The smallest absolute Gasteiger partial charge is 0.407 e. The molecule has 0 aliphatic heterocycles. The number of alkyl carbamates (subject to hydrolysis) is 1. The second-order valence-corrected chi connectivity index (χ2v) is 9.86. The molecule has 10 nitrogen and oxygen atoms in total. The summed E-state index contributed by atoms with van der Waals surface area (Å²) in [5.74, 6) is 1.47. The highest BCUT2D eigenvalue weighted by Crippen LogP contribution is 2.57. The zero-order valence-corrected chi connectivity index (χ0v) is 19.2. The molecule has 2 bridgehead atoms. The van der Waals surface area contributed by atoms with E-state index in [2.05, 4.69) is 30.9 Å². The van der Waals surface area contributed by atoms with Crippen LogP contribution in [0.25, 0.3) is 5.52 Å². The summed E-state index contributed by atoms with van der Waals surface area (Å²) in [6.45, 7) is 2.37. The molecule has 7 rings (SSSR count). The van der Waals surface area contributed by atoms with E-state index in [1.807, 2.05) is 6.92 Å². The fourth-order valence-corrected chi connectivity index (χ4v) is 5.65. The minimum Gasteiger partial charge on any atom is -0.443 e. The van der Waals surface area contributed by atoms with Gasteiger partial charge in [-0.05, 0) is 44.9 Å². The number of aromatic nitrogens is 5. The molecule has 3 aromatic rings. The molecule has 1 amide bonds. The van der Waals surface area contributed by atoms with Crippen LogP contribution >= 0.6 is 0 Å². The van der Waals surface area contributed by atoms with Crippen molar-refractivity contribution in [3.8, 4) is 0 Å². The number of anilines is 2. The van der Waals surface area contributed by atoms with Crippen molar-refractivity contribution >= 4 is 23.2 Å². The van der Waals surface area contributed by atoms with E-state index in [1.54, 1.807) is 30.1 Å². The minimum atomic E-state index is -1.29. The monoisotopic (exact) mass is 469 g/mol. The highest BCUT2D eigenvalue weighted by atomic mass is 19.1. The molecule has 4 saturated carbocycles. The summed E-state index contributed by atoms with van der Waals surface area (Å²) < 4.78 is 27.6. The lowest BCUT2D eigenvalue weighted by Gasteiger charge is -2.61. The van der Waals surface area contributed by atoms with Crippen LogP contribution in [-0.2, 0) is 16.1 Å². The van der Waals surface area contributed by atoms with Crippen LogP contribution in [0.5, 0.6) is 0 Å². The number of halogens is 1. The van der Waals surface area contributed by atoms with Crippen LogP contribution in [0.1, 0.15) is 55.0 Å². The predicted octanol–water partition coefficient (Wildman–Crippen LogP) is 3.51. The summed E-state index contributed by atoms with van der Waals surface area (Å²) in [5.41, 5.74) is 3.20. The van der Waals surface area contributed by atoms with E-state index in [-0.39, 0.29) is 5.54 Å². The summed E-state index contributed by atoms with van der Waals surface area (Å²) in [6.07, 6.45) is 5.01. The largest absolute Gasteiger partial charge is 0.443 e. The Hall–Kier alpha value is -3.21. The van der Waals surface area contributed by atoms with E-state index in [4.69, 9.17) is 9.47 Å². The van der Waals surface area contributed by atoms with Gasteiger partial charge in [0.25, 0.3) is 0 Å². The first-order valence-corrected chi connectivity index (χ1v) is 11.7. The molecule has 3 heterocycles. The van der Waals surface area contributed by atoms with Gasteiger partial charge in [-0.3, -0.25) is 5.10 Å². The molecule has 4 fully saturated rings. The number of nitrogens with zero attached hydrogens (tertiary/aromatic N) is 4. The third-order valence-corrected chi connectivity index (χ3v) is 7.57. The number of H-pyrrole nitrogens is 1. The van der Waals surface area contributed by atoms with Gasteiger partial charge in [0.2, 0.25) is 0 Å². The van der Waals surface area contributed by atoms with Crippen molar-refractivity contribution in [3.05, 3.63) is 35.4 Å². The maximum Gasteiger partial charge on any atom is 0.407 e. The number of fused-ring (bicyclic) bond motifs is 1. The fourth-order valence-electron chi connectivity index (χ4n) is 5.65. The van der Waals surface area contributed by atoms with Gasteiger partial charge < -0.3 is 20.1 Å². The van der Waals surface area contributed by atoms with Gasteiger partial charge in [0.15, 0.2) is 11.6 Å². The molecule has 3 atom stereocenters. The number of methoxy groups -OCH3 is 1. The average molecular weight is 470 g/mol. The number of nitrogens with one attached hydrogen (secondary N) is 3. The Kier molecular flexibility index (Phi) is 4.98. The number of aryl methyl sites for hydroxylation is 1. The Morgan fingerprint density at radius 3 is 2.91 bits per heavy atom. The number of aromatic amines is 1. The molecule has 0 spiro atoms. The summed E-state index contributed by atoms with van der Waals surface area (Å²) >= 11 is 0. The second kappa shape index (κ2) is 7.93. The van der Waals surface area contributed by atoms with E-state index < -0.39 is 24.3 Å². The van der Waals surface area contributed by atoms with Crippen LogP contribution < -0.4 is 10.6 Å². The standard InChI is InChI=1S/C23H28FN7O3/c1-12-16(11-33-2)30-31-6-5-25-21(20(12)31)26-18-7-15(28-29-18)14-3-4-17(19(14)24)34-22(32)27-23-8-13(9-23)10-23/h5-7,13-14,17,19H,3-4,8-11H2,1-2H3,(H,27,32)(H2,25,26,28,29)/t13?,14-,17-,19+,23?/m1/s1. The quantitative estimate of drug-likeness (QED) is 0.485. The molecule has 4 aliphatic carbocycles. The van der Waals surface area contributed by atoms with Crippen molar-refractivity contribution in [1.29, 1.82) is 0 Å². The second-order valence-electron chi connectivity index (χ2n) is 9.86. The predicted molar refractivity (Wildman–Crippen MR) is 121 cm³/mol. The molecule has 3 N–H and O–H groups in total. The van der Waals surface area contributed by atoms with Gasteiger partial charge in [0, 0.05) is 48.3 Å². The molecule has 4 aliphatic rings. The molecule has 3 aromatic heterocycles. The van der Waals surface area contributed by atoms with Crippen molar-refractivity contribution in [1.82, 2.24) is 30.1 Å². The summed E-state index contributed by atoms with van der Waals surface area (Å²) in [7, 11) is 1.63. The van der Waals surface area contributed by atoms with Crippen molar-refractivity contribution in [2.45, 2.75) is 69.4 Å². The molecule has 0 unspecified atom stereocenters. The SMILES string of the molecule is COCc1nn2ccnc(Nc3cc([C@H]4CC[C@@H](OC(=O)NC56CC(C5)C6)[C@H]4F)[nH]n3)c2c1C. The molecule has 180 valence electrons. The molecular weight excluding hydrogens is 441 g/mol. The Labute approximate surface area is 195 Å². The van der Waals surface area contributed by atoms with E-state index in [1.165, 1.54) is 0 Å². The maximum atomic E-state index is 15.2. The van der Waals surface area contributed by atoms with Gasteiger partial charge >= 0.3 is 6.09 Å². The zero-order chi connectivity index (χ0) is 23.4. The average Bonchev–Trinajstić information content (AvgIpc) is 3.44. The molecule has 0 aromatic carbocycles. The molecule has 0 saturated heterocycles. The zero-order valence-electron chi connectivity index (χ0n) is 19.2. The van der Waals surface area contributed by atoms with Gasteiger partial charge in [-0.1, -0.05) is 0 Å². The third-order valence-electron chi connectivity index (χ3n) is 7.57. The van der Waals surface area contributed by atoms with E-state index in [9.17, 15) is 4.79 Å². The van der Waals surface area contributed by atoms with Crippen LogP contribution in [0, 0.1) is 12.8 Å². The van der Waals surface area contributed by atoms with Crippen molar-refractivity contribution in [2.75, 3.05) is 12.4 Å². The lowest BCUT2D eigenvalue weighted by molar-refractivity contribution is -0.0532. The van der Waals surface area contributed by atoms with Gasteiger partial charge in [-0.2, -0.15) is 10.2 Å². The van der Waals surface area contributed by atoms with Crippen LogP contribution in [0.3, 0.4) is 0 Å². The van der Waals surface area contributed by atoms with Crippen LogP contribution in [-0.4, -0.2) is 55.8 Å². The molecule has 0 radical (unpaired) electrons. The normalized spacial score (nSPS) is 29.5. The Morgan fingerprint density at radius 2 is 2.18 bits per heavy atom. The van der Waals surface area contributed by atoms with Crippen molar-refractivity contribution < 1.29 is 18.7 Å². The number of hydrogen-bond donors (Lipinski definition) is 3. The third kappa shape index (κ3) is 3.49. The highest BCUT2D eigenvalue weighted by molar-refractivity contribution is 5.76. The highest BCUT2D eigenvalue weighted by Gasteiger charge is 2.58. The number of alkyl halides is 1. The fraction of sp³-hybridized carbons (Fsp3) is 0.565. The number of amides is 1. The minimum absolute atomic E-state index is 0.0788. The van der Waals surface area contributed by atoms with E-state index in [0.717, 1.165) is 42.0 Å². The van der Waals surface area contributed by atoms with E-state index in [0.29, 0.717) is 36.8 Å².